The van der Waals surface area contributed by atoms with Gasteiger partial charge in [0.25, 0.3) is 0 Å². The van der Waals surface area contributed by atoms with Crippen LogP contribution in [0, 0.1) is 0 Å². The van der Waals surface area contributed by atoms with Crippen molar-refractivity contribution in [3.63, 3.8) is 0 Å². The van der Waals surface area contributed by atoms with E-state index in [2.05, 4.69) is 5.32 Å². The summed E-state index contributed by atoms with van der Waals surface area (Å²) in [6.45, 7) is 1.42. The zero-order valence-electron chi connectivity index (χ0n) is 14.0. The maximum atomic E-state index is 13.0. The Morgan fingerprint density at radius 2 is 1.92 bits per heavy atom. The zero-order valence-corrected chi connectivity index (χ0v) is 14.8. The van der Waals surface area contributed by atoms with Crippen LogP contribution in [0.2, 0.25) is 5.02 Å². The largest absolute Gasteiger partial charge is 0.481 e. The average molecular weight is 372 g/mol. The summed E-state index contributed by atoms with van der Waals surface area (Å²) in [5.41, 5.74) is 4.56. The number of aliphatic carboxylic acids is 1. The van der Waals surface area contributed by atoms with Gasteiger partial charge < -0.3 is 10.4 Å². The lowest BCUT2D eigenvalue weighted by Crippen LogP contribution is -2.26. The lowest BCUT2D eigenvalue weighted by Gasteiger charge is -2.10. The molecule has 7 heteroatoms. The first-order chi connectivity index (χ1) is 12.5. The molecule has 134 valence electrons. The van der Waals surface area contributed by atoms with Crippen LogP contribution in [0.5, 0.6) is 0 Å². The van der Waals surface area contributed by atoms with E-state index >= 15 is 0 Å². The minimum atomic E-state index is -0.924. The van der Waals surface area contributed by atoms with E-state index < -0.39 is 5.97 Å². The van der Waals surface area contributed by atoms with Gasteiger partial charge in [0.05, 0.1) is 24.0 Å². The maximum Gasteiger partial charge on any atom is 0.329 e. The first-order valence-electron chi connectivity index (χ1n) is 8.49. The minimum Gasteiger partial charge on any atom is -0.481 e. The van der Waals surface area contributed by atoms with Crippen molar-refractivity contribution < 1.29 is 9.90 Å². The SMILES string of the molecule is O=C(O)CCn1c(=O)n(Cc2cc(Cl)cc3c2CCN3)c2ccccc21. The number of carbonyl (C=O) groups is 1. The maximum absolute atomic E-state index is 13.0. The van der Waals surface area contributed by atoms with E-state index in [0.29, 0.717) is 11.6 Å². The van der Waals surface area contributed by atoms with Gasteiger partial charge in [-0.05, 0) is 41.8 Å². The molecule has 0 atom stereocenters. The molecule has 0 saturated heterocycles. The van der Waals surface area contributed by atoms with E-state index in [-0.39, 0.29) is 18.7 Å². The van der Waals surface area contributed by atoms with Crippen LogP contribution in [-0.2, 0) is 24.3 Å². The van der Waals surface area contributed by atoms with Crippen molar-refractivity contribution in [2.24, 2.45) is 0 Å². The Labute approximate surface area is 154 Å². The summed E-state index contributed by atoms with van der Waals surface area (Å²) in [4.78, 5) is 23.9. The molecule has 1 aliphatic heterocycles. The van der Waals surface area contributed by atoms with Crippen LogP contribution in [0.25, 0.3) is 11.0 Å². The fraction of sp³-hybridized carbons (Fsp3) is 0.263. The van der Waals surface area contributed by atoms with E-state index in [9.17, 15) is 9.59 Å². The molecule has 1 aliphatic rings. The number of nitrogens with one attached hydrogen (secondary N) is 1. The number of aryl methyl sites for hydroxylation is 1. The van der Waals surface area contributed by atoms with Gasteiger partial charge in [0.2, 0.25) is 0 Å². The number of imidazole rings is 1. The van der Waals surface area contributed by atoms with Crippen molar-refractivity contribution in [2.75, 3.05) is 11.9 Å². The second kappa shape index (κ2) is 6.53. The molecule has 0 bridgehead atoms. The van der Waals surface area contributed by atoms with Gasteiger partial charge >= 0.3 is 11.7 Å². The van der Waals surface area contributed by atoms with Gasteiger partial charge in [0, 0.05) is 23.8 Å². The number of rotatable bonds is 5. The van der Waals surface area contributed by atoms with Crippen LogP contribution in [0.1, 0.15) is 17.5 Å². The molecule has 1 aromatic heterocycles. The van der Waals surface area contributed by atoms with E-state index in [1.807, 2.05) is 36.4 Å². The zero-order chi connectivity index (χ0) is 18.3. The number of halogens is 1. The second-order valence-electron chi connectivity index (χ2n) is 6.42. The Hall–Kier alpha value is -2.73. The van der Waals surface area contributed by atoms with Crippen molar-refractivity contribution in [1.82, 2.24) is 9.13 Å². The Balaban J connectivity index is 1.82. The monoisotopic (exact) mass is 371 g/mol. The number of aromatic nitrogens is 2. The van der Waals surface area contributed by atoms with Gasteiger partial charge in [-0.1, -0.05) is 23.7 Å². The summed E-state index contributed by atoms with van der Waals surface area (Å²) in [5, 5.41) is 12.9. The average Bonchev–Trinajstić information content (AvgIpc) is 3.17. The third-order valence-electron chi connectivity index (χ3n) is 4.80. The molecule has 2 N–H and O–H groups in total. The molecule has 2 aromatic carbocycles. The summed E-state index contributed by atoms with van der Waals surface area (Å²) in [7, 11) is 0. The molecular formula is C19H18ClN3O3. The number of fused-ring (bicyclic) bond motifs is 2. The summed E-state index contributed by atoms with van der Waals surface area (Å²) >= 11 is 6.24. The molecule has 3 aromatic rings. The fourth-order valence-electron chi connectivity index (χ4n) is 3.63. The Kier molecular flexibility index (Phi) is 4.20. The van der Waals surface area contributed by atoms with Crippen molar-refractivity contribution in [2.45, 2.75) is 25.9 Å². The molecule has 0 radical (unpaired) electrons. The molecule has 0 saturated carbocycles. The quantitative estimate of drug-likeness (QED) is 0.723. The van der Waals surface area contributed by atoms with Crippen LogP contribution in [0.3, 0.4) is 0 Å². The number of nitrogens with zero attached hydrogens (tertiary/aromatic N) is 2. The van der Waals surface area contributed by atoms with Crippen LogP contribution < -0.4 is 11.0 Å². The third kappa shape index (κ3) is 2.86. The van der Waals surface area contributed by atoms with Crippen LogP contribution in [0.15, 0.2) is 41.2 Å². The molecule has 2 heterocycles. The number of carboxylic acid groups (broad SMARTS) is 1. The summed E-state index contributed by atoms with van der Waals surface area (Å²) in [5.74, 6) is -0.924. The standard InChI is InChI=1S/C19H18ClN3O3/c20-13-9-12(14-5-7-21-15(14)10-13)11-23-17-4-2-1-3-16(17)22(19(23)26)8-6-18(24)25/h1-4,9-10,21H,5-8,11H2,(H,24,25). The molecule has 26 heavy (non-hydrogen) atoms. The topological polar surface area (TPSA) is 76.3 Å². The first-order valence-corrected chi connectivity index (χ1v) is 8.87. The van der Waals surface area contributed by atoms with E-state index in [1.165, 1.54) is 10.1 Å². The first kappa shape index (κ1) is 16.7. The van der Waals surface area contributed by atoms with Crippen molar-refractivity contribution in [1.29, 1.82) is 0 Å². The predicted octanol–water partition coefficient (Wildman–Crippen LogP) is 2.95. The Bertz CT molecular complexity index is 1070. The van der Waals surface area contributed by atoms with Crippen LogP contribution in [0.4, 0.5) is 5.69 Å². The van der Waals surface area contributed by atoms with Gasteiger partial charge in [-0.2, -0.15) is 0 Å². The Morgan fingerprint density at radius 1 is 1.19 bits per heavy atom. The number of hydrogen-bond donors (Lipinski definition) is 2. The van der Waals surface area contributed by atoms with Crippen LogP contribution >= 0.6 is 11.6 Å². The van der Waals surface area contributed by atoms with Gasteiger partial charge in [-0.15, -0.1) is 0 Å². The second-order valence-corrected chi connectivity index (χ2v) is 6.86. The number of hydrogen-bond acceptors (Lipinski definition) is 3. The molecule has 0 amide bonds. The van der Waals surface area contributed by atoms with E-state index in [0.717, 1.165) is 35.2 Å². The highest BCUT2D eigenvalue weighted by molar-refractivity contribution is 6.31. The number of carboxylic acids is 1. The lowest BCUT2D eigenvalue weighted by atomic mass is 10.0. The van der Waals surface area contributed by atoms with E-state index in [1.54, 1.807) is 4.57 Å². The summed E-state index contributed by atoms with van der Waals surface area (Å²) in [6, 6.07) is 11.3. The minimum absolute atomic E-state index is 0.0929. The smallest absolute Gasteiger partial charge is 0.329 e. The predicted molar refractivity (Wildman–Crippen MR) is 101 cm³/mol. The fourth-order valence-corrected chi connectivity index (χ4v) is 3.87. The van der Waals surface area contributed by atoms with Gasteiger partial charge in [0.15, 0.2) is 0 Å². The summed E-state index contributed by atoms with van der Waals surface area (Å²) < 4.78 is 3.23. The molecular weight excluding hydrogens is 354 g/mol. The Morgan fingerprint density at radius 3 is 2.65 bits per heavy atom. The number of para-hydroxylation sites is 2. The highest BCUT2D eigenvalue weighted by atomic mass is 35.5. The van der Waals surface area contributed by atoms with E-state index in [4.69, 9.17) is 16.7 Å². The van der Waals surface area contributed by atoms with Crippen molar-refractivity contribution in [3.8, 4) is 0 Å². The summed E-state index contributed by atoms with van der Waals surface area (Å²) in [6.07, 6.45) is 0.804. The number of benzene rings is 2. The van der Waals surface area contributed by atoms with Crippen molar-refractivity contribution >= 4 is 34.3 Å². The van der Waals surface area contributed by atoms with Gasteiger partial charge in [-0.3, -0.25) is 13.9 Å². The molecule has 6 nitrogen and oxygen atoms in total. The van der Waals surface area contributed by atoms with Crippen LogP contribution in [-0.4, -0.2) is 26.8 Å². The lowest BCUT2D eigenvalue weighted by molar-refractivity contribution is -0.137. The normalized spacial score (nSPS) is 13.0. The molecule has 0 fully saturated rings. The molecule has 0 aliphatic carbocycles. The van der Waals surface area contributed by atoms with Gasteiger partial charge in [-0.25, -0.2) is 4.79 Å². The highest BCUT2D eigenvalue weighted by Crippen LogP contribution is 2.30. The molecule has 0 unspecified atom stereocenters. The molecule has 0 spiro atoms. The molecule has 4 rings (SSSR count). The van der Waals surface area contributed by atoms with Gasteiger partial charge in [0.1, 0.15) is 0 Å². The van der Waals surface area contributed by atoms with Crippen molar-refractivity contribution in [3.05, 3.63) is 63.0 Å². The third-order valence-corrected chi connectivity index (χ3v) is 5.02. The highest BCUT2D eigenvalue weighted by Gasteiger charge is 2.19. The number of anilines is 1.